The van der Waals surface area contributed by atoms with Gasteiger partial charge >= 0.3 is 5.97 Å². The molecule has 0 heterocycles. The maximum Gasteiger partial charge on any atom is 0.314 e. The quantitative estimate of drug-likeness (QED) is 0.475. The summed E-state index contributed by atoms with van der Waals surface area (Å²) < 4.78 is 10.5. The van der Waals surface area contributed by atoms with E-state index >= 15 is 0 Å². The van der Waals surface area contributed by atoms with Crippen LogP contribution in [0.2, 0.25) is 0 Å². The number of hydrogen-bond donors (Lipinski definition) is 0. The Labute approximate surface area is 124 Å². The van der Waals surface area contributed by atoms with E-state index < -0.39 is 6.10 Å². The van der Waals surface area contributed by atoms with Crippen LogP contribution in [-0.4, -0.2) is 24.6 Å². The van der Waals surface area contributed by atoms with Gasteiger partial charge in [0.15, 0.2) is 12.0 Å². The number of carbonyl (C=O) groups excluding carboxylic acids is 2. The number of aryl methyl sites for hydroxylation is 1. The summed E-state index contributed by atoms with van der Waals surface area (Å²) in [4.78, 5) is 23.2. The molecule has 1 aromatic rings. The second kappa shape index (κ2) is 7.09. The lowest BCUT2D eigenvalue weighted by molar-refractivity contribution is -0.150. The van der Waals surface area contributed by atoms with Crippen LogP contribution in [0.15, 0.2) is 30.0 Å². The molecule has 4 nitrogen and oxygen atoms in total. The van der Waals surface area contributed by atoms with Crippen LogP contribution in [0.4, 0.5) is 0 Å². The van der Waals surface area contributed by atoms with Gasteiger partial charge in [0.2, 0.25) is 5.76 Å². The second-order valence-electron chi connectivity index (χ2n) is 5.12. The highest BCUT2D eigenvalue weighted by Crippen LogP contribution is 2.32. The van der Waals surface area contributed by atoms with E-state index in [0.717, 1.165) is 24.8 Å². The molecule has 0 aromatic heterocycles. The summed E-state index contributed by atoms with van der Waals surface area (Å²) in [5.41, 5.74) is 2.24. The molecule has 112 valence electrons. The van der Waals surface area contributed by atoms with Crippen molar-refractivity contribution >= 4 is 11.9 Å². The van der Waals surface area contributed by atoms with Crippen LogP contribution >= 0.6 is 0 Å². The Morgan fingerprint density at radius 1 is 1.43 bits per heavy atom. The smallest absolute Gasteiger partial charge is 0.314 e. The lowest BCUT2D eigenvalue weighted by Gasteiger charge is -2.25. The molecule has 0 radical (unpaired) electrons. The summed E-state index contributed by atoms with van der Waals surface area (Å²) in [6, 6.07) is 7.95. The van der Waals surface area contributed by atoms with Crippen LogP contribution < -0.4 is 0 Å². The summed E-state index contributed by atoms with van der Waals surface area (Å²) >= 11 is 0. The monoisotopic (exact) mass is 288 g/mol. The van der Waals surface area contributed by atoms with E-state index in [1.807, 2.05) is 18.2 Å². The van der Waals surface area contributed by atoms with Gasteiger partial charge in [0.1, 0.15) is 0 Å². The van der Waals surface area contributed by atoms with Crippen molar-refractivity contribution in [2.45, 2.75) is 45.1 Å². The lowest BCUT2D eigenvalue weighted by Crippen LogP contribution is -2.26. The van der Waals surface area contributed by atoms with E-state index in [1.54, 1.807) is 19.8 Å². The van der Waals surface area contributed by atoms with Gasteiger partial charge in [0, 0.05) is 0 Å². The first-order chi connectivity index (χ1) is 10.2. The first-order valence-corrected chi connectivity index (χ1v) is 7.33. The molecule has 1 aliphatic rings. The highest BCUT2D eigenvalue weighted by atomic mass is 16.6. The average Bonchev–Trinajstić information content (AvgIpc) is 2.51. The molecule has 0 fully saturated rings. The summed E-state index contributed by atoms with van der Waals surface area (Å²) in [6.07, 6.45) is 2.03. The Morgan fingerprint density at radius 3 is 2.90 bits per heavy atom. The minimum Gasteiger partial charge on any atom is -0.484 e. The zero-order chi connectivity index (χ0) is 15.2. The lowest BCUT2D eigenvalue weighted by atomic mass is 9.83. The minimum absolute atomic E-state index is 0.0370. The normalized spacial score (nSPS) is 18.1. The van der Waals surface area contributed by atoms with Crippen molar-refractivity contribution in [1.29, 1.82) is 0 Å². The molecule has 0 saturated heterocycles. The highest BCUT2D eigenvalue weighted by Gasteiger charge is 2.29. The fraction of sp³-hybridized carbons (Fsp3) is 0.471. The van der Waals surface area contributed by atoms with Crippen LogP contribution in [-0.2, 0) is 25.5 Å². The molecular weight excluding hydrogens is 268 g/mol. The van der Waals surface area contributed by atoms with Crippen molar-refractivity contribution in [3.05, 3.63) is 41.2 Å². The van der Waals surface area contributed by atoms with Crippen LogP contribution in [0.5, 0.6) is 0 Å². The number of carbonyl (C=O) groups is 1. The molecule has 21 heavy (non-hydrogen) atoms. The van der Waals surface area contributed by atoms with E-state index in [1.165, 1.54) is 5.56 Å². The third-order valence-corrected chi connectivity index (χ3v) is 3.72. The molecule has 1 aliphatic carbocycles. The molecule has 0 unspecified atom stereocenters. The molecule has 0 amide bonds. The molecule has 2 rings (SSSR count). The van der Waals surface area contributed by atoms with Gasteiger partial charge in [-0.25, -0.2) is 4.79 Å². The third-order valence-electron chi connectivity index (χ3n) is 3.72. The standard InChI is InChI=1S/C17H20O4/c1-3-20-16(11-18)12(2)21-17(19)15-10-6-8-13-7-4-5-9-14(13)15/h4-5,7,9,12,15H,3,6,8,10H2,1-2H3/t12-,15+/m1/s1. The molecule has 0 aliphatic heterocycles. The second-order valence-corrected chi connectivity index (χ2v) is 5.12. The van der Waals surface area contributed by atoms with E-state index in [4.69, 9.17) is 9.47 Å². The Kier molecular flexibility index (Phi) is 5.18. The topological polar surface area (TPSA) is 52.6 Å². The van der Waals surface area contributed by atoms with Crippen molar-refractivity contribution in [2.24, 2.45) is 0 Å². The fourth-order valence-corrected chi connectivity index (χ4v) is 2.69. The Hall–Kier alpha value is -2.06. The fourth-order valence-electron chi connectivity index (χ4n) is 2.69. The molecule has 2 atom stereocenters. The van der Waals surface area contributed by atoms with Gasteiger partial charge in [0.05, 0.1) is 12.5 Å². The van der Waals surface area contributed by atoms with E-state index in [2.05, 4.69) is 6.07 Å². The average molecular weight is 288 g/mol. The van der Waals surface area contributed by atoms with E-state index in [9.17, 15) is 9.59 Å². The number of fused-ring (bicyclic) bond motifs is 1. The first-order valence-electron chi connectivity index (χ1n) is 7.33. The molecule has 0 spiro atoms. The predicted octanol–water partition coefficient (Wildman–Crippen LogP) is 2.79. The van der Waals surface area contributed by atoms with Gasteiger partial charge in [-0.15, -0.1) is 0 Å². The maximum atomic E-state index is 12.4. The molecule has 4 heteroatoms. The van der Waals surface area contributed by atoms with Crippen LogP contribution in [0, 0.1) is 0 Å². The van der Waals surface area contributed by atoms with Crippen LogP contribution in [0.3, 0.4) is 0 Å². The zero-order valence-electron chi connectivity index (χ0n) is 12.4. The Bertz CT molecular complexity index is 558. The maximum absolute atomic E-state index is 12.4. The van der Waals surface area contributed by atoms with Crippen LogP contribution in [0.1, 0.15) is 43.7 Å². The minimum atomic E-state index is -0.705. The number of ether oxygens (including phenoxy) is 2. The van der Waals surface area contributed by atoms with E-state index in [-0.39, 0.29) is 17.6 Å². The van der Waals surface area contributed by atoms with Crippen molar-refractivity contribution < 1.29 is 19.1 Å². The molecule has 0 bridgehead atoms. The van der Waals surface area contributed by atoms with Gasteiger partial charge in [-0.05, 0) is 44.2 Å². The zero-order valence-corrected chi connectivity index (χ0v) is 12.4. The SMILES string of the molecule is CCOC(=C=O)[C@@H](C)OC(=O)[C@H]1CCCc2ccccc21. The van der Waals surface area contributed by atoms with Crippen molar-refractivity contribution in [1.82, 2.24) is 0 Å². The number of benzene rings is 1. The summed E-state index contributed by atoms with van der Waals surface area (Å²) in [6.45, 7) is 3.74. The Balaban J connectivity index is 2.10. The first kappa shape index (κ1) is 15.3. The van der Waals surface area contributed by atoms with Crippen molar-refractivity contribution in [3.63, 3.8) is 0 Å². The predicted molar refractivity (Wildman–Crippen MR) is 78.5 cm³/mol. The number of rotatable bonds is 5. The van der Waals surface area contributed by atoms with Crippen molar-refractivity contribution in [3.8, 4) is 0 Å². The summed E-state index contributed by atoms with van der Waals surface area (Å²) in [5.74, 6) is 1.17. The third kappa shape index (κ3) is 3.53. The molecule has 0 N–H and O–H groups in total. The highest BCUT2D eigenvalue weighted by molar-refractivity contribution is 5.79. The summed E-state index contributed by atoms with van der Waals surface area (Å²) in [5, 5.41) is 0. The van der Waals surface area contributed by atoms with Gasteiger partial charge in [-0.3, -0.25) is 4.79 Å². The van der Waals surface area contributed by atoms with Gasteiger partial charge < -0.3 is 9.47 Å². The molecule has 0 saturated carbocycles. The number of hydrogen-bond acceptors (Lipinski definition) is 4. The Morgan fingerprint density at radius 2 is 2.19 bits per heavy atom. The number of esters is 1. The van der Waals surface area contributed by atoms with Crippen molar-refractivity contribution in [2.75, 3.05) is 6.61 Å². The van der Waals surface area contributed by atoms with Gasteiger partial charge in [-0.1, -0.05) is 24.3 Å². The van der Waals surface area contributed by atoms with Gasteiger partial charge in [-0.2, -0.15) is 0 Å². The van der Waals surface area contributed by atoms with Crippen LogP contribution in [0.25, 0.3) is 0 Å². The van der Waals surface area contributed by atoms with Gasteiger partial charge in [0.25, 0.3) is 0 Å². The molecular formula is C17H20O4. The molecule has 1 aromatic carbocycles. The largest absolute Gasteiger partial charge is 0.484 e. The summed E-state index contributed by atoms with van der Waals surface area (Å²) in [7, 11) is 0. The van der Waals surface area contributed by atoms with E-state index in [0.29, 0.717) is 6.61 Å².